The van der Waals surface area contributed by atoms with E-state index in [1.807, 2.05) is 25.1 Å². The Morgan fingerprint density at radius 2 is 2.25 bits per heavy atom. The van der Waals surface area contributed by atoms with Crippen LogP contribution < -0.4 is 4.74 Å². The van der Waals surface area contributed by atoms with Crippen molar-refractivity contribution in [2.75, 3.05) is 12.4 Å². The van der Waals surface area contributed by atoms with E-state index >= 15 is 0 Å². The van der Waals surface area contributed by atoms with E-state index in [0.717, 1.165) is 16.9 Å². The van der Waals surface area contributed by atoms with Crippen molar-refractivity contribution in [1.82, 2.24) is 0 Å². The van der Waals surface area contributed by atoms with Gasteiger partial charge in [0.2, 0.25) is 9.05 Å². The van der Waals surface area contributed by atoms with Crippen molar-refractivity contribution in [2.24, 2.45) is 0 Å². The van der Waals surface area contributed by atoms with Gasteiger partial charge >= 0.3 is 0 Å². The predicted octanol–water partition coefficient (Wildman–Crippen LogP) is 2.43. The molecule has 1 aromatic rings. The first-order valence-electron chi connectivity index (χ1n) is 5.11. The van der Waals surface area contributed by atoms with Gasteiger partial charge in [0.1, 0.15) is 5.75 Å². The van der Waals surface area contributed by atoms with Gasteiger partial charge in [-0.2, -0.15) is 0 Å². The van der Waals surface area contributed by atoms with Gasteiger partial charge < -0.3 is 4.74 Å². The molecule has 0 saturated heterocycles. The van der Waals surface area contributed by atoms with E-state index in [2.05, 4.69) is 0 Å². The van der Waals surface area contributed by atoms with Crippen molar-refractivity contribution in [3.8, 4) is 5.75 Å². The quantitative estimate of drug-likeness (QED) is 0.767. The topological polar surface area (TPSA) is 43.4 Å². The molecule has 1 aliphatic rings. The molecule has 0 N–H and O–H groups in total. The first-order valence-corrected chi connectivity index (χ1v) is 7.59. The normalized spacial score (nSPS) is 20.0. The molecule has 0 fully saturated rings. The van der Waals surface area contributed by atoms with Crippen LogP contribution in [0.1, 0.15) is 23.5 Å². The minimum absolute atomic E-state index is 0.0195. The lowest BCUT2D eigenvalue weighted by molar-refractivity contribution is 0.272. The fourth-order valence-corrected chi connectivity index (χ4v) is 3.28. The lowest BCUT2D eigenvalue weighted by atomic mass is 9.93. The zero-order chi connectivity index (χ0) is 11.8. The number of halogens is 1. The van der Waals surface area contributed by atoms with E-state index in [1.165, 1.54) is 0 Å². The fraction of sp³-hybridized carbons (Fsp3) is 0.455. The van der Waals surface area contributed by atoms with Crippen LogP contribution in [-0.4, -0.2) is 20.8 Å². The summed E-state index contributed by atoms with van der Waals surface area (Å²) in [6.45, 7) is 2.52. The molecule has 1 heterocycles. The van der Waals surface area contributed by atoms with Gasteiger partial charge in [-0.05, 0) is 25.0 Å². The molecule has 5 heteroatoms. The lowest BCUT2D eigenvalue weighted by Crippen LogP contribution is -2.19. The Balaban J connectivity index is 2.35. The number of aryl methyl sites for hydroxylation is 1. The fourth-order valence-electron chi connectivity index (χ4n) is 2.00. The largest absolute Gasteiger partial charge is 0.493 e. The highest BCUT2D eigenvalue weighted by atomic mass is 35.7. The predicted molar refractivity (Wildman–Crippen MR) is 63.7 cm³/mol. The molecule has 16 heavy (non-hydrogen) atoms. The third-order valence-corrected chi connectivity index (χ3v) is 3.91. The van der Waals surface area contributed by atoms with Gasteiger partial charge in [-0.25, -0.2) is 8.42 Å². The summed E-state index contributed by atoms with van der Waals surface area (Å²) in [6, 6.07) is 5.81. The summed E-state index contributed by atoms with van der Waals surface area (Å²) in [7, 11) is 1.84. The molecule has 1 atom stereocenters. The van der Waals surface area contributed by atoms with Gasteiger partial charge in [0.15, 0.2) is 0 Å². The molecule has 1 unspecified atom stereocenters. The van der Waals surface area contributed by atoms with E-state index in [-0.39, 0.29) is 11.7 Å². The van der Waals surface area contributed by atoms with Crippen LogP contribution in [0.2, 0.25) is 0 Å². The van der Waals surface area contributed by atoms with Crippen molar-refractivity contribution in [3.63, 3.8) is 0 Å². The molecular weight excluding hydrogens is 248 g/mol. The van der Waals surface area contributed by atoms with Crippen molar-refractivity contribution >= 4 is 19.7 Å². The minimum atomic E-state index is -3.46. The third kappa shape index (κ3) is 2.68. The van der Waals surface area contributed by atoms with Crippen molar-refractivity contribution < 1.29 is 13.2 Å². The average Bonchev–Trinajstić information content (AvgIpc) is 2.17. The number of ether oxygens (including phenoxy) is 1. The standard InChI is InChI=1S/C11H13ClO3S/c1-8-2-3-11-10(6-8)9(4-5-15-11)7-16(12,13)14/h2-3,6,9H,4-5,7H2,1H3. The average molecular weight is 261 g/mol. The Morgan fingerprint density at radius 3 is 2.94 bits per heavy atom. The number of rotatable bonds is 2. The highest BCUT2D eigenvalue weighted by Crippen LogP contribution is 2.35. The minimum Gasteiger partial charge on any atom is -0.493 e. The smallest absolute Gasteiger partial charge is 0.233 e. The van der Waals surface area contributed by atoms with Crippen LogP contribution in [0.25, 0.3) is 0 Å². The zero-order valence-corrected chi connectivity index (χ0v) is 10.5. The molecule has 1 aliphatic heterocycles. The van der Waals surface area contributed by atoms with Crippen LogP contribution in [0.4, 0.5) is 0 Å². The maximum Gasteiger partial charge on any atom is 0.233 e. The summed E-state index contributed by atoms with van der Waals surface area (Å²) in [5.41, 5.74) is 2.05. The SMILES string of the molecule is Cc1ccc2c(c1)C(CS(=O)(=O)Cl)CCO2. The first kappa shape index (κ1) is 11.7. The molecule has 3 nitrogen and oxygen atoms in total. The highest BCUT2D eigenvalue weighted by Gasteiger charge is 2.25. The summed E-state index contributed by atoms with van der Waals surface area (Å²) in [5.74, 6) is 0.710. The molecule has 88 valence electrons. The Labute approximate surface area is 99.8 Å². The zero-order valence-electron chi connectivity index (χ0n) is 8.94. The van der Waals surface area contributed by atoms with Gasteiger partial charge in [0.25, 0.3) is 0 Å². The summed E-state index contributed by atoms with van der Waals surface area (Å²) in [6.07, 6.45) is 0.697. The molecule has 0 radical (unpaired) electrons. The number of fused-ring (bicyclic) bond motifs is 1. The second kappa shape index (κ2) is 4.26. The van der Waals surface area contributed by atoms with E-state index in [9.17, 15) is 8.42 Å². The van der Waals surface area contributed by atoms with Gasteiger partial charge in [0, 0.05) is 16.6 Å². The second-order valence-corrected chi connectivity index (χ2v) is 6.90. The Hall–Kier alpha value is -0.740. The molecule has 0 saturated carbocycles. The third-order valence-electron chi connectivity index (χ3n) is 2.73. The monoisotopic (exact) mass is 260 g/mol. The van der Waals surface area contributed by atoms with Gasteiger partial charge in [-0.3, -0.25) is 0 Å². The van der Waals surface area contributed by atoms with Crippen molar-refractivity contribution in [3.05, 3.63) is 29.3 Å². The Kier molecular flexibility index (Phi) is 3.13. The van der Waals surface area contributed by atoms with Crippen LogP contribution in [0.5, 0.6) is 5.75 Å². The van der Waals surface area contributed by atoms with E-state index in [4.69, 9.17) is 15.4 Å². The summed E-state index contributed by atoms with van der Waals surface area (Å²) in [5, 5.41) is 0. The maximum absolute atomic E-state index is 11.1. The van der Waals surface area contributed by atoms with Crippen LogP contribution in [0.15, 0.2) is 18.2 Å². The summed E-state index contributed by atoms with van der Waals surface area (Å²) >= 11 is 0. The van der Waals surface area contributed by atoms with Crippen LogP contribution in [-0.2, 0) is 9.05 Å². The van der Waals surface area contributed by atoms with Crippen LogP contribution >= 0.6 is 10.7 Å². The van der Waals surface area contributed by atoms with Crippen LogP contribution in [0.3, 0.4) is 0 Å². The van der Waals surface area contributed by atoms with E-state index in [1.54, 1.807) is 0 Å². The Bertz CT molecular complexity index is 496. The summed E-state index contributed by atoms with van der Waals surface area (Å²) in [4.78, 5) is 0. The molecule has 0 spiro atoms. The number of hydrogen-bond acceptors (Lipinski definition) is 3. The number of benzene rings is 1. The van der Waals surface area contributed by atoms with Crippen LogP contribution in [0, 0.1) is 6.92 Å². The second-order valence-electron chi connectivity index (χ2n) is 4.08. The molecule has 2 rings (SSSR count). The van der Waals surface area contributed by atoms with Gasteiger partial charge in [-0.15, -0.1) is 0 Å². The molecule has 0 aromatic heterocycles. The van der Waals surface area contributed by atoms with E-state index < -0.39 is 9.05 Å². The van der Waals surface area contributed by atoms with Crippen molar-refractivity contribution in [2.45, 2.75) is 19.3 Å². The molecule has 0 aliphatic carbocycles. The molecular formula is C11H13ClO3S. The Morgan fingerprint density at radius 1 is 1.50 bits per heavy atom. The van der Waals surface area contributed by atoms with Crippen molar-refractivity contribution in [1.29, 1.82) is 0 Å². The highest BCUT2D eigenvalue weighted by molar-refractivity contribution is 8.13. The molecule has 1 aromatic carbocycles. The van der Waals surface area contributed by atoms with E-state index in [0.29, 0.717) is 13.0 Å². The van der Waals surface area contributed by atoms with Gasteiger partial charge in [-0.1, -0.05) is 17.7 Å². The number of hydrogen-bond donors (Lipinski definition) is 0. The maximum atomic E-state index is 11.1. The molecule has 0 bridgehead atoms. The molecule has 0 amide bonds. The van der Waals surface area contributed by atoms with Gasteiger partial charge in [0.05, 0.1) is 12.4 Å². The first-order chi connectivity index (χ1) is 7.46. The summed E-state index contributed by atoms with van der Waals surface area (Å²) < 4.78 is 27.7. The lowest BCUT2D eigenvalue weighted by Gasteiger charge is -2.25.